The van der Waals surface area contributed by atoms with Crippen LogP contribution in [0.25, 0.3) is 91.8 Å². The molecular formula is C58H38N2S. The van der Waals surface area contributed by atoms with E-state index in [0.717, 1.165) is 17.1 Å². The fourth-order valence-electron chi connectivity index (χ4n) is 9.24. The van der Waals surface area contributed by atoms with Gasteiger partial charge in [0, 0.05) is 53.6 Å². The molecule has 0 aliphatic heterocycles. The van der Waals surface area contributed by atoms with E-state index in [0.29, 0.717) is 0 Å². The molecule has 0 unspecified atom stereocenters. The fraction of sp³-hybridized carbons (Fsp3) is 0. The summed E-state index contributed by atoms with van der Waals surface area (Å²) in [4.78, 5) is 2.39. The average Bonchev–Trinajstić information content (AvgIpc) is 3.87. The highest BCUT2D eigenvalue weighted by molar-refractivity contribution is 7.25. The molecule has 3 heteroatoms. The molecule has 0 saturated heterocycles. The second-order valence-electron chi connectivity index (χ2n) is 15.7. The monoisotopic (exact) mass is 794 g/mol. The lowest BCUT2D eigenvalue weighted by Gasteiger charge is -2.26. The number of hydrogen-bond donors (Lipinski definition) is 0. The minimum Gasteiger partial charge on any atom is -0.310 e. The van der Waals surface area contributed by atoms with Crippen LogP contribution in [-0.4, -0.2) is 4.57 Å². The van der Waals surface area contributed by atoms with Crippen molar-refractivity contribution in [3.63, 3.8) is 0 Å². The van der Waals surface area contributed by atoms with Crippen LogP contribution in [0.1, 0.15) is 0 Å². The Labute approximate surface area is 358 Å². The number of fused-ring (bicyclic) bond motifs is 7. The molecule has 0 atom stereocenters. The van der Waals surface area contributed by atoms with Gasteiger partial charge in [0.2, 0.25) is 0 Å². The summed E-state index contributed by atoms with van der Waals surface area (Å²) in [5.41, 5.74) is 14.1. The number of hydrogen-bond acceptors (Lipinski definition) is 2. The fourth-order valence-corrected chi connectivity index (χ4v) is 10.4. The first-order valence-electron chi connectivity index (χ1n) is 20.8. The molecule has 2 nitrogen and oxygen atoms in total. The Balaban J connectivity index is 0.928. The standard InChI is InChI=1S/C58H38N2S/c1-2-13-42-36-44(25-24-39(42)12-1)41-28-32-47(33-29-41)59(48-34-35-53-52-19-6-10-23-57(52)61-58(53)38-48)46-30-26-40(27-31-46)43-14-11-15-45(37-43)49-16-3-7-20-54(49)60-55-21-8-4-17-50(55)51-18-5-9-22-56(51)60/h1-38H. The minimum absolute atomic E-state index is 1.11. The molecule has 2 aromatic heterocycles. The number of para-hydroxylation sites is 3. The van der Waals surface area contributed by atoms with E-state index in [9.17, 15) is 0 Å². The number of rotatable bonds is 7. The normalized spacial score (nSPS) is 11.6. The quantitative estimate of drug-likeness (QED) is 0.156. The Bertz CT molecular complexity index is 3540. The molecule has 2 heterocycles. The first kappa shape index (κ1) is 35.2. The van der Waals surface area contributed by atoms with Crippen molar-refractivity contribution in [2.75, 3.05) is 4.90 Å². The summed E-state index contributed by atoms with van der Waals surface area (Å²) in [5.74, 6) is 0. The molecule has 0 spiro atoms. The SMILES string of the molecule is c1cc(-c2ccc(N(c3ccc(-c4ccc5ccccc5c4)cc3)c3ccc4c(c3)sc3ccccc34)cc2)cc(-c2ccccc2-n2c3ccccc3c3ccccc32)c1. The summed E-state index contributed by atoms with van der Waals surface area (Å²) in [5, 5.41) is 7.64. The van der Waals surface area contributed by atoms with Gasteiger partial charge in [-0.25, -0.2) is 0 Å². The van der Waals surface area contributed by atoms with Crippen molar-refractivity contribution in [1.82, 2.24) is 4.57 Å². The zero-order valence-electron chi connectivity index (χ0n) is 33.2. The van der Waals surface area contributed by atoms with E-state index in [1.807, 2.05) is 11.3 Å². The molecular weight excluding hydrogens is 757 g/mol. The Kier molecular flexibility index (Phi) is 8.39. The Morgan fingerprint density at radius 3 is 1.59 bits per heavy atom. The lowest BCUT2D eigenvalue weighted by molar-refractivity contribution is 1.18. The van der Waals surface area contributed by atoms with Crippen LogP contribution in [-0.2, 0) is 0 Å². The van der Waals surface area contributed by atoms with Gasteiger partial charge in [0.05, 0.1) is 16.7 Å². The molecule has 12 aromatic rings. The van der Waals surface area contributed by atoms with Gasteiger partial charge in [0.1, 0.15) is 0 Å². The van der Waals surface area contributed by atoms with E-state index in [-0.39, 0.29) is 0 Å². The van der Waals surface area contributed by atoms with Crippen LogP contribution in [0.5, 0.6) is 0 Å². The molecule has 0 aliphatic carbocycles. The van der Waals surface area contributed by atoms with Crippen LogP contribution in [0, 0.1) is 0 Å². The van der Waals surface area contributed by atoms with Crippen LogP contribution in [0.15, 0.2) is 231 Å². The van der Waals surface area contributed by atoms with Gasteiger partial charge in [-0.1, -0.05) is 158 Å². The highest BCUT2D eigenvalue weighted by Crippen LogP contribution is 2.42. The van der Waals surface area contributed by atoms with Crippen molar-refractivity contribution in [3.8, 4) is 39.1 Å². The number of nitrogens with zero attached hydrogens (tertiary/aromatic N) is 2. The van der Waals surface area contributed by atoms with Crippen molar-refractivity contribution >= 4 is 81.1 Å². The maximum absolute atomic E-state index is 2.42. The van der Waals surface area contributed by atoms with E-state index in [1.165, 1.54) is 91.8 Å². The molecule has 61 heavy (non-hydrogen) atoms. The number of aromatic nitrogens is 1. The third-order valence-corrected chi connectivity index (χ3v) is 13.3. The molecule has 0 bridgehead atoms. The Morgan fingerprint density at radius 1 is 0.311 bits per heavy atom. The summed E-state index contributed by atoms with van der Waals surface area (Å²) in [6, 6.07) is 84.2. The van der Waals surface area contributed by atoms with Crippen LogP contribution in [0.2, 0.25) is 0 Å². The molecule has 0 saturated carbocycles. The maximum atomic E-state index is 2.42. The molecule has 0 N–H and O–H groups in total. The Hall–Kier alpha value is -7.72. The van der Waals surface area contributed by atoms with Crippen molar-refractivity contribution in [1.29, 1.82) is 0 Å². The lowest BCUT2D eigenvalue weighted by Crippen LogP contribution is -2.09. The number of benzene rings is 10. The summed E-state index contributed by atoms with van der Waals surface area (Å²) in [6.45, 7) is 0. The summed E-state index contributed by atoms with van der Waals surface area (Å²) in [6.07, 6.45) is 0. The zero-order chi connectivity index (χ0) is 40.3. The second-order valence-corrected chi connectivity index (χ2v) is 16.8. The maximum Gasteiger partial charge on any atom is 0.0541 e. The highest BCUT2D eigenvalue weighted by atomic mass is 32.1. The van der Waals surface area contributed by atoms with Crippen molar-refractivity contribution in [2.24, 2.45) is 0 Å². The van der Waals surface area contributed by atoms with Gasteiger partial charge in [0.25, 0.3) is 0 Å². The molecule has 0 fully saturated rings. The predicted molar refractivity (Wildman–Crippen MR) is 262 cm³/mol. The minimum atomic E-state index is 1.11. The van der Waals surface area contributed by atoms with Crippen LogP contribution >= 0.6 is 11.3 Å². The van der Waals surface area contributed by atoms with Gasteiger partial charge in [0.15, 0.2) is 0 Å². The third kappa shape index (κ3) is 6.09. The van der Waals surface area contributed by atoms with Crippen LogP contribution in [0.3, 0.4) is 0 Å². The van der Waals surface area contributed by atoms with Gasteiger partial charge in [-0.3, -0.25) is 0 Å². The van der Waals surface area contributed by atoms with E-state index in [2.05, 4.69) is 240 Å². The predicted octanol–water partition coefficient (Wildman–Crippen LogP) is 16.8. The molecule has 286 valence electrons. The first-order chi connectivity index (χ1) is 30.2. The Morgan fingerprint density at radius 2 is 0.852 bits per heavy atom. The molecule has 0 amide bonds. The molecule has 0 aliphatic rings. The van der Waals surface area contributed by atoms with Gasteiger partial charge >= 0.3 is 0 Å². The molecule has 10 aromatic carbocycles. The largest absolute Gasteiger partial charge is 0.310 e. The van der Waals surface area contributed by atoms with E-state index >= 15 is 0 Å². The number of thiophene rings is 1. The number of anilines is 3. The van der Waals surface area contributed by atoms with Gasteiger partial charge in [-0.05, 0) is 111 Å². The van der Waals surface area contributed by atoms with Gasteiger partial charge in [-0.2, -0.15) is 0 Å². The molecule has 12 rings (SSSR count). The zero-order valence-corrected chi connectivity index (χ0v) is 34.1. The van der Waals surface area contributed by atoms with Crippen LogP contribution in [0.4, 0.5) is 17.1 Å². The van der Waals surface area contributed by atoms with Gasteiger partial charge < -0.3 is 9.47 Å². The topological polar surface area (TPSA) is 8.17 Å². The second kappa shape index (κ2) is 14.5. The van der Waals surface area contributed by atoms with Crippen molar-refractivity contribution < 1.29 is 0 Å². The summed E-state index contributed by atoms with van der Waals surface area (Å²) >= 11 is 1.86. The smallest absolute Gasteiger partial charge is 0.0541 e. The lowest BCUT2D eigenvalue weighted by atomic mass is 9.97. The molecule has 0 radical (unpaired) electrons. The van der Waals surface area contributed by atoms with Crippen molar-refractivity contribution in [2.45, 2.75) is 0 Å². The highest BCUT2D eigenvalue weighted by Gasteiger charge is 2.18. The van der Waals surface area contributed by atoms with Crippen molar-refractivity contribution in [3.05, 3.63) is 231 Å². The van der Waals surface area contributed by atoms with E-state index in [4.69, 9.17) is 0 Å². The first-order valence-corrected chi connectivity index (χ1v) is 21.6. The summed E-state index contributed by atoms with van der Waals surface area (Å²) < 4.78 is 5.01. The van der Waals surface area contributed by atoms with E-state index < -0.39 is 0 Å². The average molecular weight is 795 g/mol. The van der Waals surface area contributed by atoms with Crippen LogP contribution < -0.4 is 4.90 Å². The third-order valence-electron chi connectivity index (χ3n) is 12.2. The summed E-state index contributed by atoms with van der Waals surface area (Å²) in [7, 11) is 0. The van der Waals surface area contributed by atoms with E-state index in [1.54, 1.807) is 0 Å². The van der Waals surface area contributed by atoms with Gasteiger partial charge in [-0.15, -0.1) is 11.3 Å².